The average Bonchev–Trinajstić information content (AvgIpc) is 2.54. The van der Waals surface area contributed by atoms with Gasteiger partial charge in [0.05, 0.1) is 5.38 Å². The van der Waals surface area contributed by atoms with Gasteiger partial charge in [0.25, 0.3) is 5.91 Å². The van der Waals surface area contributed by atoms with Crippen molar-refractivity contribution in [1.82, 2.24) is 5.32 Å². The lowest BCUT2D eigenvalue weighted by Crippen LogP contribution is -2.40. The second-order valence-corrected chi connectivity index (χ2v) is 5.81. The van der Waals surface area contributed by atoms with E-state index in [4.69, 9.17) is 11.6 Å². The van der Waals surface area contributed by atoms with Crippen molar-refractivity contribution in [2.75, 3.05) is 0 Å². The molecule has 1 N–H and O–H groups in total. The third-order valence-electron chi connectivity index (χ3n) is 3.55. The van der Waals surface area contributed by atoms with E-state index in [0.717, 1.165) is 37.7 Å². The molecule has 0 spiro atoms. The summed E-state index contributed by atoms with van der Waals surface area (Å²) in [5, 5.41) is 2.92. The fourth-order valence-electron chi connectivity index (χ4n) is 2.54. The highest BCUT2D eigenvalue weighted by Crippen LogP contribution is 2.22. The number of rotatable bonds is 2. The minimum atomic E-state index is -0.381. The highest BCUT2D eigenvalue weighted by molar-refractivity contribution is 6.21. The molecule has 2 nitrogen and oxygen atoms in total. The Balaban J connectivity index is 2.07. The highest BCUT2D eigenvalue weighted by Gasteiger charge is 2.23. The Morgan fingerprint density at radius 3 is 2.74 bits per heavy atom. The zero-order valence-electron chi connectivity index (χ0n) is 11.1. The second-order valence-electron chi connectivity index (χ2n) is 5.25. The first kappa shape index (κ1) is 14.3. The minimum Gasteiger partial charge on any atom is -0.348 e. The van der Waals surface area contributed by atoms with Crippen LogP contribution in [0.1, 0.15) is 48.0 Å². The molecule has 19 heavy (non-hydrogen) atoms. The molecule has 0 bridgehead atoms. The fraction of sp³-hybridized carbons (Fsp3) is 0.533. The van der Waals surface area contributed by atoms with Crippen molar-refractivity contribution in [3.63, 3.8) is 0 Å². The van der Waals surface area contributed by atoms with Gasteiger partial charge in [-0.2, -0.15) is 0 Å². The van der Waals surface area contributed by atoms with Crippen molar-refractivity contribution in [2.45, 2.75) is 50.4 Å². The molecule has 0 radical (unpaired) electrons. The molecular formula is C15H19ClFNO. The molecule has 0 heterocycles. The average molecular weight is 284 g/mol. The first-order valence-electron chi connectivity index (χ1n) is 6.78. The van der Waals surface area contributed by atoms with Crippen LogP contribution in [0.2, 0.25) is 0 Å². The Morgan fingerprint density at radius 2 is 2.00 bits per heavy atom. The van der Waals surface area contributed by atoms with E-state index >= 15 is 0 Å². The van der Waals surface area contributed by atoms with Crippen LogP contribution in [-0.4, -0.2) is 17.3 Å². The van der Waals surface area contributed by atoms with Gasteiger partial charge in [-0.1, -0.05) is 19.3 Å². The molecule has 0 aliphatic heterocycles. The Labute approximate surface area is 118 Å². The molecule has 104 valence electrons. The number of halogens is 2. The van der Waals surface area contributed by atoms with Crippen LogP contribution in [0.25, 0.3) is 0 Å². The number of aryl methyl sites for hydroxylation is 1. The smallest absolute Gasteiger partial charge is 0.251 e. The zero-order chi connectivity index (χ0) is 13.8. The lowest BCUT2D eigenvalue weighted by atomic mass is 10.1. The van der Waals surface area contributed by atoms with Crippen LogP contribution in [0.15, 0.2) is 18.2 Å². The van der Waals surface area contributed by atoms with Gasteiger partial charge in [-0.15, -0.1) is 11.6 Å². The van der Waals surface area contributed by atoms with Crippen molar-refractivity contribution >= 4 is 17.5 Å². The van der Waals surface area contributed by atoms with Crippen LogP contribution in [-0.2, 0) is 0 Å². The summed E-state index contributed by atoms with van der Waals surface area (Å²) >= 11 is 6.29. The van der Waals surface area contributed by atoms with Crippen LogP contribution in [0, 0.1) is 12.7 Å². The van der Waals surface area contributed by atoms with Crippen LogP contribution >= 0.6 is 11.6 Å². The van der Waals surface area contributed by atoms with Crippen LogP contribution in [0.5, 0.6) is 0 Å². The molecule has 2 rings (SSSR count). The topological polar surface area (TPSA) is 29.1 Å². The number of benzene rings is 1. The number of hydrogen-bond acceptors (Lipinski definition) is 1. The molecule has 4 heteroatoms. The number of hydrogen-bond donors (Lipinski definition) is 1. The van der Waals surface area contributed by atoms with Gasteiger partial charge in [-0.25, -0.2) is 4.39 Å². The van der Waals surface area contributed by atoms with Gasteiger partial charge in [0.2, 0.25) is 0 Å². The summed E-state index contributed by atoms with van der Waals surface area (Å²) in [6.07, 6.45) is 5.17. The molecule has 2 unspecified atom stereocenters. The highest BCUT2D eigenvalue weighted by atomic mass is 35.5. The summed E-state index contributed by atoms with van der Waals surface area (Å²) in [4.78, 5) is 12.1. The second kappa shape index (κ2) is 6.38. The molecule has 1 fully saturated rings. The summed E-state index contributed by atoms with van der Waals surface area (Å²) in [6.45, 7) is 1.77. The van der Waals surface area contributed by atoms with Gasteiger partial charge in [-0.3, -0.25) is 4.79 Å². The van der Waals surface area contributed by atoms with E-state index in [2.05, 4.69) is 5.32 Å². The van der Waals surface area contributed by atoms with Crippen LogP contribution in [0.4, 0.5) is 4.39 Å². The van der Waals surface area contributed by atoms with Gasteiger partial charge in [-0.05, 0) is 43.5 Å². The summed E-state index contributed by atoms with van der Waals surface area (Å²) in [7, 11) is 0. The Bertz CT molecular complexity index is 443. The van der Waals surface area contributed by atoms with Crippen molar-refractivity contribution in [3.05, 3.63) is 35.1 Å². The molecule has 1 amide bonds. The molecule has 1 aromatic carbocycles. The van der Waals surface area contributed by atoms with E-state index in [-0.39, 0.29) is 23.1 Å². The number of carbonyl (C=O) groups excluding carboxylic acids is 1. The van der Waals surface area contributed by atoms with Crippen LogP contribution in [0.3, 0.4) is 0 Å². The number of nitrogens with one attached hydrogen (secondary N) is 1. The number of amides is 1. The van der Waals surface area contributed by atoms with E-state index in [1.165, 1.54) is 12.1 Å². The van der Waals surface area contributed by atoms with Gasteiger partial charge < -0.3 is 5.32 Å². The largest absolute Gasteiger partial charge is 0.348 e. The maximum atomic E-state index is 13.3. The maximum Gasteiger partial charge on any atom is 0.251 e. The SMILES string of the molecule is Cc1cc(F)cc(C(=O)NC2CCCCCC2Cl)c1. The minimum absolute atomic E-state index is 0.0137. The first-order chi connectivity index (χ1) is 9.06. The van der Waals surface area contributed by atoms with Crippen molar-refractivity contribution in [3.8, 4) is 0 Å². The lowest BCUT2D eigenvalue weighted by molar-refractivity contribution is 0.0933. The molecule has 1 aliphatic rings. The van der Waals surface area contributed by atoms with Gasteiger partial charge in [0.1, 0.15) is 5.82 Å². The molecule has 1 aliphatic carbocycles. The Kier molecular flexibility index (Phi) is 4.81. The van der Waals surface area contributed by atoms with E-state index < -0.39 is 0 Å². The standard InChI is InChI=1S/C15H19ClFNO/c1-10-7-11(9-12(17)8-10)15(19)18-14-6-4-2-3-5-13(14)16/h7-9,13-14H,2-6H2,1H3,(H,18,19). The number of carbonyl (C=O) groups is 1. The molecule has 0 aromatic heterocycles. The van der Waals surface area contributed by atoms with E-state index in [0.29, 0.717) is 5.56 Å². The van der Waals surface area contributed by atoms with Crippen molar-refractivity contribution in [1.29, 1.82) is 0 Å². The quantitative estimate of drug-likeness (QED) is 0.649. The van der Waals surface area contributed by atoms with E-state index in [1.54, 1.807) is 13.0 Å². The van der Waals surface area contributed by atoms with Crippen molar-refractivity contribution in [2.24, 2.45) is 0 Å². The normalized spacial score (nSPS) is 23.7. The van der Waals surface area contributed by atoms with Crippen LogP contribution < -0.4 is 5.32 Å². The summed E-state index contributed by atoms with van der Waals surface area (Å²) in [6, 6.07) is 4.35. The number of alkyl halides is 1. The van der Waals surface area contributed by atoms with Gasteiger partial charge in [0, 0.05) is 11.6 Å². The molecule has 0 saturated heterocycles. The van der Waals surface area contributed by atoms with Gasteiger partial charge in [0.15, 0.2) is 0 Å². The maximum absolute atomic E-state index is 13.3. The molecule has 2 atom stereocenters. The first-order valence-corrected chi connectivity index (χ1v) is 7.22. The van der Waals surface area contributed by atoms with E-state index in [1.807, 2.05) is 0 Å². The third-order valence-corrected chi connectivity index (χ3v) is 4.07. The third kappa shape index (κ3) is 3.93. The van der Waals surface area contributed by atoms with Gasteiger partial charge >= 0.3 is 0 Å². The Morgan fingerprint density at radius 1 is 1.26 bits per heavy atom. The molecular weight excluding hydrogens is 265 g/mol. The summed E-state index contributed by atoms with van der Waals surface area (Å²) < 4.78 is 13.3. The Hall–Kier alpha value is -1.09. The molecule has 1 aromatic rings. The summed E-state index contributed by atoms with van der Waals surface area (Å²) in [5.74, 6) is -0.617. The summed E-state index contributed by atoms with van der Waals surface area (Å²) in [5.41, 5.74) is 1.11. The predicted octanol–water partition coefficient (Wildman–Crippen LogP) is 3.80. The van der Waals surface area contributed by atoms with Crippen molar-refractivity contribution < 1.29 is 9.18 Å². The fourth-order valence-corrected chi connectivity index (χ4v) is 2.89. The predicted molar refractivity (Wildman–Crippen MR) is 75.1 cm³/mol. The zero-order valence-corrected chi connectivity index (χ0v) is 11.8. The molecule has 1 saturated carbocycles. The van der Waals surface area contributed by atoms with E-state index in [9.17, 15) is 9.18 Å². The lowest BCUT2D eigenvalue weighted by Gasteiger charge is -2.21. The monoisotopic (exact) mass is 283 g/mol.